The van der Waals surface area contributed by atoms with Gasteiger partial charge in [-0.2, -0.15) is 5.10 Å². The molecule has 1 amide bonds. The van der Waals surface area contributed by atoms with E-state index in [0.717, 1.165) is 30.6 Å². The lowest BCUT2D eigenvalue weighted by Crippen LogP contribution is -2.42. The van der Waals surface area contributed by atoms with Crippen LogP contribution in [-0.4, -0.2) is 28.3 Å². The Morgan fingerprint density at radius 3 is 3.18 bits per heavy atom. The number of ether oxygens (including phenoxy) is 1. The van der Waals surface area contributed by atoms with Crippen molar-refractivity contribution >= 4 is 5.91 Å². The highest BCUT2D eigenvalue weighted by Crippen LogP contribution is 2.25. The van der Waals surface area contributed by atoms with Crippen LogP contribution in [0.2, 0.25) is 0 Å². The Hall–Kier alpha value is -2.37. The molecule has 0 saturated heterocycles. The average Bonchev–Trinajstić information content (AvgIpc) is 3.08. The molecule has 3 heterocycles. The Balaban J connectivity index is 1.46. The van der Waals surface area contributed by atoms with Crippen molar-refractivity contribution in [1.82, 2.24) is 15.1 Å². The van der Waals surface area contributed by atoms with Gasteiger partial charge in [-0.05, 0) is 49.1 Å². The molecule has 1 N–H and O–H groups in total. The first kappa shape index (κ1) is 13.3. The monoisotopic (exact) mass is 301 g/mol. The molecule has 22 heavy (non-hydrogen) atoms. The van der Waals surface area contributed by atoms with Crippen LogP contribution >= 0.6 is 0 Å². The van der Waals surface area contributed by atoms with Crippen LogP contribution in [0.1, 0.15) is 28.2 Å². The fraction of sp³-hybridized carbons (Fsp3) is 0.375. The number of rotatable bonds is 2. The highest BCUT2D eigenvalue weighted by atomic mass is 19.1. The summed E-state index contributed by atoms with van der Waals surface area (Å²) in [7, 11) is 0. The molecular formula is C16H16FN3O2. The van der Waals surface area contributed by atoms with Gasteiger partial charge in [0.2, 0.25) is 0 Å². The highest BCUT2D eigenvalue weighted by molar-refractivity contribution is 5.92. The van der Waals surface area contributed by atoms with E-state index in [-0.39, 0.29) is 17.8 Å². The Morgan fingerprint density at radius 1 is 1.41 bits per heavy atom. The second kappa shape index (κ2) is 5.12. The van der Waals surface area contributed by atoms with Gasteiger partial charge in [-0.3, -0.25) is 9.48 Å². The largest absolute Gasteiger partial charge is 0.491 e. The van der Waals surface area contributed by atoms with Crippen LogP contribution < -0.4 is 10.1 Å². The SMILES string of the molecule is O=C(N[C@@H]1COc2ccc(F)cc2C1)c1cc2n(n1)CCC2. The molecule has 2 aliphatic rings. The number of fused-ring (bicyclic) bond motifs is 2. The normalized spacial score (nSPS) is 19.2. The molecule has 0 fully saturated rings. The first-order chi connectivity index (χ1) is 10.7. The smallest absolute Gasteiger partial charge is 0.272 e. The molecule has 0 bridgehead atoms. The summed E-state index contributed by atoms with van der Waals surface area (Å²) in [6, 6.07) is 6.14. The van der Waals surface area contributed by atoms with Crippen LogP contribution in [0.25, 0.3) is 0 Å². The summed E-state index contributed by atoms with van der Waals surface area (Å²) in [5.41, 5.74) is 2.33. The van der Waals surface area contributed by atoms with Crippen LogP contribution in [-0.2, 0) is 19.4 Å². The molecule has 1 aromatic carbocycles. The van der Waals surface area contributed by atoms with E-state index in [4.69, 9.17) is 4.74 Å². The predicted molar refractivity (Wildman–Crippen MR) is 77.4 cm³/mol. The summed E-state index contributed by atoms with van der Waals surface area (Å²) in [5, 5.41) is 7.24. The van der Waals surface area contributed by atoms with Crippen molar-refractivity contribution < 1.29 is 13.9 Å². The Kier molecular flexibility index (Phi) is 3.10. The molecule has 0 saturated carbocycles. The topological polar surface area (TPSA) is 56.1 Å². The summed E-state index contributed by atoms with van der Waals surface area (Å²) >= 11 is 0. The fourth-order valence-electron chi connectivity index (χ4n) is 3.09. The minimum atomic E-state index is -0.292. The number of carbonyl (C=O) groups is 1. The van der Waals surface area contributed by atoms with Gasteiger partial charge in [0.05, 0.1) is 6.04 Å². The van der Waals surface area contributed by atoms with Gasteiger partial charge in [-0.25, -0.2) is 4.39 Å². The summed E-state index contributed by atoms with van der Waals surface area (Å²) in [4.78, 5) is 12.3. The van der Waals surface area contributed by atoms with E-state index in [1.165, 1.54) is 12.1 Å². The number of halogens is 1. The van der Waals surface area contributed by atoms with Crippen molar-refractivity contribution in [3.63, 3.8) is 0 Å². The Morgan fingerprint density at radius 2 is 2.32 bits per heavy atom. The standard InChI is InChI=1S/C16H16FN3O2/c17-11-3-4-15-10(6-11)7-12(9-22-15)18-16(21)14-8-13-2-1-5-20(13)19-14/h3-4,6,8,12H,1-2,5,7,9H2,(H,18,21)/t12-/m0/s1. The maximum Gasteiger partial charge on any atom is 0.272 e. The first-order valence-electron chi connectivity index (χ1n) is 7.48. The number of benzene rings is 1. The van der Waals surface area contributed by atoms with Crippen molar-refractivity contribution in [1.29, 1.82) is 0 Å². The number of nitrogens with one attached hydrogen (secondary N) is 1. The van der Waals surface area contributed by atoms with Gasteiger partial charge >= 0.3 is 0 Å². The molecule has 114 valence electrons. The summed E-state index contributed by atoms with van der Waals surface area (Å²) in [5.74, 6) is 0.197. The third-order valence-corrected chi connectivity index (χ3v) is 4.16. The van der Waals surface area contributed by atoms with Crippen LogP contribution in [0.15, 0.2) is 24.3 Å². The Bertz CT molecular complexity index is 719. The van der Waals surface area contributed by atoms with Crippen LogP contribution in [0.3, 0.4) is 0 Å². The zero-order valence-electron chi connectivity index (χ0n) is 12.0. The maximum absolute atomic E-state index is 13.3. The van der Waals surface area contributed by atoms with Crippen molar-refractivity contribution in [2.24, 2.45) is 0 Å². The number of hydrogen-bond donors (Lipinski definition) is 1. The number of aryl methyl sites for hydroxylation is 2. The zero-order valence-corrected chi connectivity index (χ0v) is 12.0. The molecule has 5 nitrogen and oxygen atoms in total. The minimum Gasteiger partial charge on any atom is -0.491 e. The van der Waals surface area contributed by atoms with E-state index >= 15 is 0 Å². The lowest BCUT2D eigenvalue weighted by atomic mass is 10.0. The molecule has 4 rings (SSSR count). The van der Waals surface area contributed by atoms with Gasteiger partial charge < -0.3 is 10.1 Å². The third kappa shape index (κ3) is 2.34. The number of hydrogen-bond acceptors (Lipinski definition) is 3. The van der Waals surface area contributed by atoms with Crippen LogP contribution in [0.4, 0.5) is 4.39 Å². The summed E-state index contributed by atoms with van der Waals surface area (Å²) in [6.07, 6.45) is 2.62. The molecule has 0 unspecified atom stereocenters. The quantitative estimate of drug-likeness (QED) is 0.918. The van der Waals surface area contributed by atoms with E-state index in [1.54, 1.807) is 6.07 Å². The van der Waals surface area contributed by atoms with Crippen molar-refractivity contribution in [2.45, 2.75) is 31.8 Å². The third-order valence-electron chi connectivity index (χ3n) is 4.16. The molecule has 0 spiro atoms. The van der Waals surface area contributed by atoms with Gasteiger partial charge in [-0.15, -0.1) is 0 Å². The molecular weight excluding hydrogens is 285 g/mol. The van der Waals surface area contributed by atoms with Gasteiger partial charge in [-0.1, -0.05) is 0 Å². The lowest BCUT2D eigenvalue weighted by Gasteiger charge is -2.25. The van der Waals surface area contributed by atoms with E-state index in [2.05, 4.69) is 10.4 Å². The number of nitrogens with zero attached hydrogens (tertiary/aromatic N) is 2. The van der Waals surface area contributed by atoms with Crippen molar-refractivity contribution in [3.05, 3.63) is 47.0 Å². The first-order valence-corrected chi connectivity index (χ1v) is 7.48. The number of amides is 1. The van der Waals surface area contributed by atoms with Crippen LogP contribution in [0, 0.1) is 5.82 Å². The second-order valence-electron chi connectivity index (χ2n) is 5.79. The van der Waals surface area contributed by atoms with E-state index in [9.17, 15) is 9.18 Å². The van der Waals surface area contributed by atoms with Crippen molar-refractivity contribution in [2.75, 3.05) is 6.61 Å². The van der Waals surface area contributed by atoms with Crippen molar-refractivity contribution in [3.8, 4) is 5.75 Å². The molecule has 2 aromatic rings. The van der Waals surface area contributed by atoms with Gasteiger partial charge in [0.1, 0.15) is 23.9 Å². The molecule has 1 atom stereocenters. The number of carbonyl (C=O) groups excluding carboxylic acids is 1. The van der Waals surface area contributed by atoms with Gasteiger partial charge in [0.15, 0.2) is 0 Å². The summed E-state index contributed by atoms with van der Waals surface area (Å²) < 4.78 is 20.8. The van der Waals surface area contributed by atoms with E-state index in [0.29, 0.717) is 24.5 Å². The summed E-state index contributed by atoms with van der Waals surface area (Å²) in [6.45, 7) is 1.26. The zero-order chi connectivity index (χ0) is 15.1. The molecule has 0 aliphatic carbocycles. The minimum absolute atomic E-state index is 0.168. The number of aromatic nitrogens is 2. The van der Waals surface area contributed by atoms with Gasteiger partial charge in [0.25, 0.3) is 5.91 Å². The predicted octanol–water partition coefficient (Wildman–Crippen LogP) is 1.70. The highest BCUT2D eigenvalue weighted by Gasteiger charge is 2.24. The maximum atomic E-state index is 13.3. The van der Waals surface area contributed by atoms with E-state index in [1.807, 2.05) is 10.7 Å². The Labute approximate surface area is 127 Å². The molecule has 2 aliphatic heterocycles. The van der Waals surface area contributed by atoms with E-state index < -0.39 is 0 Å². The molecule has 6 heteroatoms. The van der Waals surface area contributed by atoms with Crippen LogP contribution in [0.5, 0.6) is 5.75 Å². The second-order valence-corrected chi connectivity index (χ2v) is 5.79. The fourth-order valence-corrected chi connectivity index (χ4v) is 3.09. The molecule has 0 radical (unpaired) electrons. The molecule has 1 aromatic heterocycles. The average molecular weight is 301 g/mol. The van der Waals surface area contributed by atoms with Gasteiger partial charge in [0, 0.05) is 12.2 Å². The lowest BCUT2D eigenvalue weighted by molar-refractivity contribution is 0.0909.